The Hall–Kier alpha value is -0.970. The van der Waals surface area contributed by atoms with Crippen LogP contribution in [-0.4, -0.2) is 27.1 Å². The molecule has 250 valence electrons. The van der Waals surface area contributed by atoms with Crippen molar-refractivity contribution in [3.63, 3.8) is 0 Å². The lowest BCUT2D eigenvalue weighted by Crippen LogP contribution is -2.17. The van der Waals surface area contributed by atoms with Crippen LogP contribution >= 0.6 is 47.1 Å². The topological polar surface area (TPSA) is 42.2 Å². The Balaban J connectivity index is 2.01. The number of unbranched alkanes of at least 4 members (excludes halogenated alkanes) is 18. The van der Waals surface area contributed by atoms with Crippen LogP contribution in [0.2, 0.25) is 0 Å². The third-order valence-corrected chi connectivity index (χ3v) is 11.3. The predicted octanol–water partition coefficient (Wildman–Crippen LogP) is 13.1. The molecule has 0 saturated carbocycles. The molecular weight excluding hydrogens is 640 g/mol. The Morgan fingerprint density at radius 1 is 0.682 bits per heavy atom. The highest BCUT2D eigenvalue weighted by molar-refractivity contribution is 8.00. The van der Waals surface area contributed by atoms with Crippen molar-refractivity contribution in [2.75, 3.05) is 11.5 Å². The molecule has 1 N–H and O–H groups in total. The van der Waals surface area contributed by atoms with Gasteiger partial charge in [-0.2, -0.15) is 0 Å². The number of nitrogens with zero attached hydrogens (tertiary/aromatic N) is 1. The van der Waals surface area contributed by atoms with Gasteiger partial charge in [0.1, 0.15) is 0 Å². The number of aromatic hydroxyl groups is 1. The van der Waals surface area contributed by atoms with Gasteiger partial charge < -0.3 is 5.11 Å². The van der Waals surface area contributed by atoms with Gasteiger partial charge in [0.05, 0.1) is 20.7 Å². The Morgan fingerprint density at radius 3 is 1.50 bits per heavy atom. The molecule has 1 aromatic carbocycles. The molecule has 0 unspecified atom stereocenters. The maximum absolute atomic E-state index is 15.9. The molecule has 44 heavy (non-hydrogen) atoms. The van der Waals surface area contributed by atoms with Crippen LogP contribution in [0.25, 0.3) is 0 Å². The lowest BCUT2D eigenvalue weighted by atomic mass is 10.1. The van der Waals surface area contributed by atoms with Crippen molar-refractivity contribution in [1.82, 2.24) is 4.57 Å². The molecule has 0 aliphatic carbocycles. The highest BCUT2D eigenvalue weighted by atomic mass is 32.2. The lowest BCUT2D eigenvalue weighted by molar-refractivity contribution is 0.0940. The van der Waals surface area contributed by atoms with Crippen LogP contribution < -0.4 is 0 Å². The standard InChI is InChI=1S/C34H52F3NO2S4/c1-3-5-7-9-11-13-15-17-19-21-23-42-31-27(33(40)38-26(39)25-44-34(38)41)28(35)29(36)32(30(31)37)43-24-22-20-18-16-14-12-10-8-6-4-2/h25,39H,3-24H2,1-2H3. The molecule has 3 nitrogen and oxygen atoms in total. The normalized spacial score (nSPS) is 11.5. The van der Waals surface area contributed by atoms with Gasteiger partial charge in [0, 0.05) is 0 Å². The quantitative estimate of drug-likeness (QED) is 0.0486. The van der Waals surface area contributed by atoms with Gasteiger partial charge in [-0.15, -0.1) is 34.9 Å². The molecule has 10 heteroatoms. The summed E-state index contributed by atoms with van der Waals surface area (Å²) in [5.41, 5.74) is -0.704. The maximum Gasteiger partial charge on any atom is 0.270 e. The summed E-state index contributed by atoms with van der Waals surface area (Å²) in [6.07, 6.45) is 23.1. The van der Waals surface area contributed by atoms with Crippen molar-refractivity contribution >= 4 is 53.0 Å². The van der Waals surface area contributed by atoms with E-state index in [9.17, 15) is 9.90 Å². The first kappa shape index (κ1) is 39.2. The van der Waals surface area contributed by atoms with E-state index < -0.39 is 34.8 Å². The van der Waals surface area contributed by atoms with Crippen molar-refractivity contribution in [3.05, 3.63) is 32.3 Å². The van der Waals surface area contributed by atoms with Crippen LogP contribution in [-0.2, 0) is 0 Å². The number of aromatic nitrogens is 1. The SMILES string of the molecule is CCCCCCCCCCCCSc1c(F)c(F)c(C(=O)n2c(O)csc2=S)c(SCCCCCCCCCCCC)c1F. The zero-order valence-corrected chi connectivity index (χ0v) is 30.0. The number of thioether (sulfide) groups is 2. The van der Waals surface area contributed by atoms with E-state index in [4.69, 9.17) is 12.2 Å². The number of thiazole rings is 1. The van der Waals surface area contributed by atoms with Crippen LogP contribution in [0.5, 0.6) is 5.88 Å². The van der Waals surface area contributed by atoms with E-state index in [0.717, 1.165) is 90.8 Å². The van der Waals surface area contributed by atoms with E-state index >= 15 is 13.2 Å². The van der Waals surface area contributed by atoms with E-state index in [2.05, 4.69) is 13.8 Å². The van der Waals surface area contributed by atoms with Gasteiger partial charge in [-0.3, -0.25) is 4.79 Å². The van der Waals surface area contributed by atoms with E-state index in [1.54, 1.807) is 0 Å². The summed E-state index contributed by atoms with van der Waals surface area (Å²) in [6.45, 7) is 4.42. The van der Waals surface area contributed by atoms with Gasteiger partial charge >= 0.3 is 0 Å². The summed E-state index contributed by atoms with van der Waals surface area (Å²) in [5.74, 6) is -4.23. The van der Waals surface area contributed by atoms with Crippen LogP contribution in [0.15, 0.2) is 15.2 Å². The fourth-order valence-corrected chi connectivity index (χ4v) is 8.28. The van der Waals surface area contributed by atoms with Crippen molar-refractivity contribution in [1.29, 1.82) is 0 Å². The van der Waals surface area contributed by atoms with Crippen LogP contribution in [0.3, 0.4) is 0 Å². The van der Waals surface area contributed by atoms with Crippen LogP contribution in [0, 0.1) is 21.4 Å². The molecule has 1 aromatic heterocycles. The summed E-state index contributed by atoms with van der Waals surface area (Å²) in [6, 6.07) is 0. The molecular formula is C34H52F3NO2S4. The molecule has 0 amide bonds. The van der Waals surface area contributed by atoms with Crippen molar-refractivity contribution < 1.29 is 23.1 Å². The average molecular weight is 692 g/mol. The Morgan fingerprint density at radius 2 is 1.09 bits per heavy atom. The number of benzene rings is 1. The smallest absolute Gasteiger partial charge is 0.270 e. The molecule has 1 heterocycles. The third kappa shape index (κ3) is 13.4. The minimum atomic E-state index is -1.39. The van der Waals surface area contributed by atoms with Crippen LogP contribution in [0.4, 0.5) is 13.2 Å². The van der Waals surface area contributed by atoms with Crippen LogP contribution in [0.1, 0.15) is 153 Å². The molecule has 0 aliphatic heterocycles. The van der Waals surface area contributed by atoms with Crippen molar-refractivity contribution in [3.8, 4) is 5.88 Å². The number of carbonyl (C=O) groups is 1. The Kier molecular flexibility index (Phi) is 20.8. The van der Waals surface area contributed by atoms with Gasteiger partial charge in [0.2, 0.25) is 5.88 Å². The van der Waals surface area contributed by atoms with E-state index in [0.29, 0.717) is 11.5 Å². The molecule has 0 atom stereocenters. The molecule has 2 rings (SSSR count). The van der Waals surface area contributed by atoms with E-state index in [1.807, 2.05) is 0 Å². The predicted molar refractivity (Wildman–Crippen MR) is 186 cm³/mol. The second-order valence-corrected chi connectivity index (χ2v) is 15.3. The highest BCUT2D eigenvalue weighted by Gasteiger charge is 2.31. The Labute approximate surface area is 281 Å². The molecule has 0 radical (unpaired) electrons. The molecule has 2 aromatic rings. The largest absolute Gasteiger partial charge is 0.494 e. The fraction of sp³-hybridized carbons (Fsp3) is 0.706. The second kappa shape index (κ2) is 23.4. The first-order chi connectivity index (χ1) is 21.3. The molecule has 0 saturated heterocycles. The van der Waals surface area contributed by atoms with Crippen molar-refractivity contribution in [2.45, 2.75) is 152 Å². The summed E-state index contributed by atoms with van der Waals surface area (Å²) in [5, 5.41) is 11.4. The van der Waals surface area contributed by atoms with Gasteiger partial charge in [-0.05, 0) is 36.6 Å². The second-order valence-electron chi connectivity index (χ2n) is 11.5. The first-order valence-corrected chi connectivity index (χ1v) is 20.0. The summed E-state index contributed by atoms with van der Waals surface area (Å²) in [7, 11) is 0. The molecule has 0 aliphatic rings. The van der Waals surface area contributed by atoms with Gasteiger partial charge in [-0.25, -0.2) is 17.7 Å². The van der Waals surface area contributed by atoms with Gasteiger partial charge in [-0.1, -0.05) is 129 Å². The minimum absolute atomic E-state index is 0.0160. The number of rotatable bonds is 25. The van der Waals surface area contributed by atoms with E-state index in [-0.39, 0.29) is 13.7 Å². The van der Waals surface area contributed by atoms with Gasteiger partial charge in [0.25, 0.3) is 5.91 Å². The number of halogens is 3. The fourth-order valence-electron chi connectivity index (χ4n) is 5.20. The van der Waals surface area contributed by atoms with Gasteiger partial charge in [0.15, 0.2) is 21.4 Å². The summed E-state index contributed by atoms with van der Waals surface area (Å²) in [4.78, 5) is 12.7. The molecule has 0 bridgehead atoms. The minimum Gasteiger partial charge on any atom is -0.494 e. The Bertz CT molecular complexity index is 1170. The lowest BCUT2D eigenvalue weighted by Gasteiger charge is -2.16. The first-order valence-electron chi connectivity index (χ1n) is 16.7. The number of hydrogen-bond acceptors (Lipinski definition) is 6. The highest BCUT2D eigenvalue weighted by Crippen LogP contribution is 2.39. The average Bonchev–Trinajstić information content (AvgIpc) is 3.35. The molecule has 0 spiro atoms. The monoisotopic (exact) mass is 691 g/mol. The maximum atomic E-state index is 15.9. The zero-order valence-electron chi connectivity index (χ0n) is 26.7. The zero-order chi connectivity index (χ0) is 32.2. The van der Waals surface area contributed by atoms with E-state index in [1.165, 1.54) is 82.4 Å². The summed E-state index contributed by atoms with van der Waals surface area (Å²) >= 11 is 8.07. The third-order valence-electron chi connectivity index (χ3n) is 7.82. The molecule has 0 fully saturated rings. The summed E-state index contributed by atoms with van der Waals surface area (Å²) < 4.78 is 47.4. The number of carbonyl (C=O) groups excluding carboxylic acids is 1. The number of hydrogen-bond donors (Lipinski definition) is 1. The van der Waals surface area contributed by atoms with Crippen molar-refractivity contribution in [2.24, 2.45) is 0 Å².